The van der Waals surface area contributed by atoms with Crippen molar-refractivity contribution in [3.8, 4) is 22.8 Å². The number of nitrogens with two attached hydrogens (primary N) is 1. The topological polar surface area (TPSA) is 51.0 Å². The highest BCUT2D eigenvalue weighted by molar-refractivity contribution is 5.94. The molecule has 0 radical (unpaired) electrons. The van der Waals surface area contributed by atoms with Gasteiger partial charge in [-0.05, 0) is 73.5 Å². The second kappa shape index (κ2) is 9.84. The summed E-state index contributed by atoms with van der Waals surface area (Å²) in [5, 5.41) is 1.32. The summed E-state index contributed by atoms with van der Waals surface area (Å²) in [5.41, 5.74) is 12.0. The number of H-pyrrole nitrogens is 1. The molecule has 0 spiro atoms. The van der Waals surface area contributed by atoms with Gasteiger partial charge in [0.2, 0.25) is 0 Å². The molecule has 1 heterocycles. The molecule has 0 aliphatic carbocycles. The van der Waals surface area contributed by atoms with Crippen molar-refractivity contribution in [2.45, 2.75) is 45.4 Å². The minimum absolute atomic E-state index is 0.503. The number of benzene rings is 3. The number of aromatic amines is 1. The van der Waals surface area contributed by atoms with Gasteiger partial charge in [0.15, 0.2) is 0 Å². The first-order chi connectivity index (χ1) is 15.2. The molecular formula is C28H32N2O. The van der Waals surface area contributed by atoms with Gasteiger partial charge in [0.05, 0.1) is 5.69 Å². The minimum Gasteiger partial charge on any atom is -0.457 e. The van der Waals surface area contributed by atoms with E-state index in [-0.39, 0.29) is 0 Å². The molecule has 4 aromatic rings. The van der Waals surface area contributed by atoms with Crippen LogP contribution in [0.25, 0.3) is 22.2 Å². The van der Waals surface area contributed by atoms with Gasteiger partial charge in [-0.15, -0.1) is 0 Å². The first kappa shape index (κ1) is 21.2. The number of unbranched alkanes of at least 4 members (excludes halogenated alkanes) is 1. The van der Waals surface area contributed by atoms with Gasteiger partial charge in [0.25, 0.3) is 0 Å². The van der Waals surface area contributed by atoms with Crippen molar-refractivity contribution < 1.29 is 4.74 Å². The number of rotatable bonds is 9. The number of ether oxygens (including phenoxy) is 1. The molecule has 0 saturated heterocycles. The Hall–Kier alpha value is -3.04. The molecular weight excluding hydrogens is 380 g/mol. The predicted molar refractivity (Wildman–Crippen MR) is 131 cm³/mol. The van der Waals surface area contributed by atoms with Crippen molar-refractivity contribution in [3.05, 3.63) is 83.9 Å². The summed E-state index contributed by atoms with van der Waals surface area (Å²) in [6.07, 6.45) is 4.21. The summed E-state index contributed by atoms with van der Waals surface area (Å²) in [6.45, 7) is 5.28. The second-order valence-electron chi connectivity index (χ2n) is 8.21. The lowest BCUT2D eigenvalue weighted by Crippen LogP contribution is -1.99. The fraction of sp³-hybridized carbons (Fsp3) is 0.286. The van der Waals surface area contributed by atoms with Crippen LogP contribution in [0, 0.1) is 0 Å². The quantitative estimate of drug-likeness (QED) is 0.281. The van der Waals surface area contributed by atoms with E-state index in [0.29, 0.717) is 5.92 Å². The van der Waals surface area contributed by atoms with Crippen molar-refractivity contribution >= 4 is 10.9 Å². The van der Waals surface area contributed by atoms with Gasteiger partial charge in [0, 0.05) is 16.5 Å². The Kier molecular flexibility index (Phi) is 6.73. The molecule has 0 aliphatic rings. The van der Waals surface area contributed by atoms with Gasteiger partial charge in [-0.3, -0.25) is 0 Å². The number of hydrogen-bond donors (Lipinski definition) is 2. The maximum Gasteiger partial charge on any atom is 0.136 e. The third-order valence-electron chi connectivity index (χ3n) is 6.13. The van der Waals surface area contributed by atoms with E-state index < -0.39 is 0 Å². The average molecular weight is 413 g/mol. The van der Waals surface area contributed by atoms with E-state index in [0.717, 1.165) is 55.0 Å². The van der Waals surface area contributed by atoms with E-state index in [2.05, 4.69) is 49.2 Å². The monoisotopic (exact) mass is 412 g/mol. The largest absolute Gasteiger partial charge is 0.457 e. The smallest absolute Gasteiger partial charge is 0.136 e. The summed E-state index contributed by atoms with van der Waals surface area (Å²) < 4.78 is 6.30. The molecule has 0 aliphatic heterocycles. The highest BCUT2D eigenvalue weighted by Crippen LogP contribution is 2.40. The Morgan fingerprint density at radius 2 is 1.68 bits per heavy atom. The van der Waals surface area contributed by atoms with Crippen LogP contribution >= 0.6 is 0 Å². The van der Waals surface area contributed by atoms with E-state index >= 15 is 0 Å². The maximum absolute atomic E-state index is 6.30. The van der Waals surface area contributed by atoms with Gasteiger partial charge in [0.1, 0.15) is 11.5 Å². The number of para-hydroxylation sites is 3. The van der Waals surface area contributed by atoms with Gasteiger partial charge in [-0.2, -0.15) is 0 Å². The lowest BCUT2D eigenvalue weighted by Gasteiger charge is -2.12. The first-order valence-corrected chi connectivity index (χ1v) is 11.4. The molecule has 160 valence electrons. The van der Waals surface area contributed by atoms with Crippen LogP contribution in [0.4, 0.5) is 0 Å². The molecule has 3 N–H and O–H groups in total. The first-order valence-electron chi connectivity index (χ1n) is 11.4. The third-order valence-corrected chi connectivity index (χ3v) is 6.13. The number of hydrogen-bond acceptors (Lipinski definition) is 2. The number of nitrogens with one attached hydrogen (secondary N) is 1. The van der Waals surface area contributed by atoms with Crippen LogP contribution in [-0.4, -0.2) is 11.5 Å². The van der Waals surface area contributed by atoms with Crippen molar-refractivity contribution in [1.82, 2.24) is 4.98 Å². The third kappa shape index (κ3) is 4.52. The minimum atomic E-state index is 0.503. The summed E-state index contributed by atoms with van der Waals surface area (Å²) in [7, 11) is 0. The predicted octanol–water partition coefficient (Wildman–Crippen LogP) is 7.42. The zero-order valence-corrected chi connectivity index (χ0v) is 18.5. The zero-order valence-electron chi connectivity index (χ0n) is 18.5. The highest BCUT2D eigenvalue weighted by atomic mass is 16.5. The van der Waals surface area contributed by atoms with Crippen LogP contribution in [0.3, 0.4) is 0 Å². The van der Waals surface area contributed by atoms with Gasteiger partial charge in [-0.1, -0.05) is 62.4 Å². The van der Waals surface area contributed by atoms with Gasteiger partial charge in [-0.25, -0.2) is 0 Å². The maximum atomic E-state index is 6.30. The molecule has 3 nitrogen and oxygen atoms in total. The molecule has 0 fully saturated rings. The van der Waals surface area contributed by atoms with Crippen molar-refractivity contribution in [1.29, 1.82) is 0 Å². The Labute approximate surface area is 185 Å². The highest BCUT2D eigenvalue weighted by Gasteiger charge is 2.19. The van der Waals surface area contributed by atoms with Crippen LogP contribution in [0.2, 0.25) is 0 Å². The summed E-state index contributed by atoms with van der Waals surface area (Å²) in [5.74, 6) is 2.21. The Morgan fingerprint density at radius 1 is 0.903 bits per heavy atom. The van der Waals surface area contributed by atoms with E-state index in [1.807, 2.05) is 42.5 Å². The van der Waals surface area contributed by atoms with E-state index in [1.54, 1.807) is 0 Å². The molecule has 1 aromatic heterocycles. The standard InChI is InChI=1S/C28H32N2O/c1-3-20(2)22-16-11-17-24-23(14-9-10-19-29)28(30-27(22)24)25-15-7-8-18-26(25)31-21-12-5-4-6-13-21/h4-8,11-13,15-18,20,30H,3,9-10,14,19,29H2,1-2H3. The molecule has 1 atom stereocenters. The number of aromatic nitrogens is 1. The lowest BCUT2D eigenvalue weighted by molar-refractivity contribution is 0.484. The van der Waals surface area contributed by atoms with Crippen LogP contribution in [0.5, 0.6) is 11.5 Å². The van der Waals surface area contributed by atoms with E-state index in [1.165, 1.54) is 22.0 Å². The average Bonchev–Trinajstić information content (AvgIpc) is 3.18. The summed E-state index contributed by atoms with van der Waals surface area (Å²) in [4.78, 5) is 3.81. The fourth-order valence-electron chi connectivity index (χ4n) is 4.24. The van der Waals surface area contributed by atoms with Crippen LogP contribution in [0.1, 0.15) is 50.2 Å². The summed E-state index contributed by atoms with van der Waals surface area (Å²) >= 11 is 0. The molecule has 0 bridgehead atoms. The van der Waals surface area contributed by atoms with Crippen LogP contribution in [0.15, 0.2) is 72.8 Å². The molecule has 3 aromatic carbocycles. The lowest BCUT2D eigenvalue weighted by atomic mass is 9.94. The van der Waals surface area contributed by atoms with E-state index in [4.69, 9.17) is 10.5 Å². The molecule has 0 saturated carbocycles. The molecule has 1 unspecified atom stereocenters. The van der Waals surface area contributed by atoms with E-state index in [9.17, 15) is 0 Å². The SMILES string of the molecule is CCC(C)c1cccc2c(CCCCN)c(-c3ccccc3Oc3ccccc3)[nH]c12. The second-order valence-corrected chi connectivity index (χ2v) is 8.21. The van der Waals surface area contributed by atoms with Crippen LogP contribution in [-0.2, 0) is 6.42 Å². The molecule has 4 rings (SSSR count). The molecule has 0 amide bonds. The Morgan fingerprint density at radius 3 is 2.45 bits per heavy atom. The number of fused-ring (bicyclic) bond motifs is 1. The normalized spacial score (nSPS) is 12.2. The molecule has 31 heavy (non-hydrogen) atoms. The van der Waals surface area contributed by atoms with Gasteiger partial charge >= 0.3 is 0 Å². The van der Waals surface area contributed by atoms with Crippen LogP contribution < -0.4 is 10.5 Å². The Balaban J connectivity index is 1.86. The number of aryl methyl sites for hydroxylation is 1. The fourth-order valence-corrected chi connectivity index (χ4v) is 4.24. The van der Waals surface area contributed by atoms with Gasteiger partial charge < -0.3 is 15.5 Å². The van der Waals surface area contributed by atoms with Crippen molar-refractivity contribution in [2.75, 3.05) is 6.54 Å². The zero-order chi connectivity index (χ0) is 21.6. The van der Waals surface area contributed by atoms with Crippen molar-refractivity contribution in [3.63, 3.8) is 0 Å². The van der Waals surface area contributed by atoms with Crippen molar-refractivity contribution in [2.24, 2.45) is 5.73 Å². The molecule has 3 heteroatoms. The Bertz CT molecular complexity index is 1130. The summed E-state index contributed by atoms with van der Waals surface area (Å²) in [6, 6.07) is 25.0.